The Kier molecular flexibility index (Phi) is 5.57. The Morgan fingerprint density at radius 3 is 2.52 bits per heavy atom. The molecule has 1 saturated heterocycles. The predicted octanol–water partition coefficient (Wildman–Crippen LogP) is 3.85. The molecule has 3 aromatic rings. The molecule has 3 heterocycles. The van der Waals surface area contributed by atoms with Crippen LogP contribution in [0.4, 0.5) is 0 Å². The monoisotopic (exact) mass is 436 g/mol. The van der Waals surface area contributed by atoms with E-state index in [0.717, 1.165) is 36.6 Å². The molecule has 0 amide bonds. The van der Waals surface area contributed by atoms with Crippen molar-refractivity contribution in [2.24, 2.45) is 0 Å². The Morgan fingerprint density at radius 1 is 1.03 bits per heavy atom. The average Bonchev–Trinajstić information content (AvgIpc) is 3.27. The molecule has 0 aliphatic carbocycles. The van der Waals surface area contributed by atoms with Gasteiger partial charge < -0.3 is 9.47 Å². The predicted molar refractivity (Wildman–Crippen MR) is 118 cm³/mol. The third kappa shape index (κ3) is 4.26. The first-order valence-electron chi connectivity index (χ1n) is 10.4. The highest BCUT2D eigenvalue weighted by Crippen LogP contribution is 2.38. The number of hydrogen-bond donors (Lipinski definition) is 2. The molecule has 2 atom stereocenters. The summed E-state index contributed by atoms with van der Waals surface area (Å²) in [5, 5.41) is 0. The number of thiol groups is 1. The standard InChI is InChI=1S/C23H24N4O3S/c24-31(28)19-13-25-23(26-14-19)17-5-3-16(4-6-17)15-27-9-1-2-20(27)18-7-8-21-22(12-18)30-11-10-29-21/h3-8,12-14,20,24,31H,1-2,9-11,15H2/t20-/m1/s1. The van der Waals surface area contributed by atoms with Crippen LogP contribution in [0.25, 0.3) is 11.4 Å². The van der Waals surface area contributed by atoms with Crippen LogP contribution in [0.3, 0.4) is 0 Å². The van der Waals surface area contributed by atoms with E-state index in [4.69, 9.17) is 14.3 Å². The Bertz CT molecular complexity index is 1140. The first kappa shape index (κ1) is 20.0. The lowest BCUT2D eigenvalue weighted by atomic mass is 10.0. The number of benzene rings is 2. The van der Waals surface area contributed by atoms with Crippen molar-refractivity contribution < 1.29 is 13.7 Å². The maximum absolute atomic E-state index is 11.2. The van der Waals surface area contributed by atoms with Gasteiger partial charge in [0.15, 0.2) is 17.3 Å². The van der Waals surface area contributed by atoms with Gasteiger partial charge in [0, 0.05) is 30.5 Å². The maximum atomic E-state index is 11.2. The normalized spacial score (nSPS) is 19.3. The molecular formula is C23H24N4O3S. The molecule has 5 rings (SSSR count). The maximum Gasteiger partial charge on any atom is 0.161 e. The SMILES string of the molecule is N=[SH](=O)c1cnc(-c2ccc(CN3CCC[C@@H]3c3ccc4c(c3)OCCO4)cc2)nc1. The van der Waals surface area contributed by atoms with E-state index in [0.29, 0.717) is 30.0 Å². The fourth-order valence-electron chi connectivity index (χ4n) is 4.23. The van der Waals surface area contributed by atoms with E-state index >= 15 is 0 Å². The highest BCUT2D eigenvalue weighted by Gasteiger charge is 2.27. The van der Waals surface area contributed by atoms with Gasteiger partial charge in [0.05, 0.1) is 15.5 Å². The van der Waals surface area contributed by atoms with Crippen molar-refractivity contribution in [2.45, 2.75) is 30.3 Å². The summed E-state index contributed by atoms with van der Waals surface area (Å²) < 4.78 is 29.9. The minimum atomic E-state index is -2.16. The number of fused-ring (bicyclic) bond motifs is 1. The van der Waals surface area contributed by atoms with Crippen molar-refractivity contribution in [3.8, 4) is 22.9 Å². The van der Waals surface area contributed by atoms with Crippen LogP contribution in [0.1, 0.15) is 30.0 Å². The Hall–Kier alpha value is -2.97. The topological polar surface area (TPSA) is 88.4 Å². The molecule has 8 heteroatoms. The molecular weight excluding hydrogens is 412 g/mol. The van der Waals surface area contributed by atoms with Crippen molar-refractivity contribution in [1.29, 1.82) is 4.78 Å². The van der Waals surface area contributed by atoms with Gasteiger partial charge in [-0.05, 0) is 42.6 Å². The van der Waals surface area contributed by atoms with Crippen LogP contribution in [0.2, 0.25) is 0 Å². The van der Waals surface area contributed by atoms with Crippen LogP contribution in [0.5, 0.6) is 11.5 Å². The highest BCUT2D eigenvalue weighted by atomic mass is 32.2. The van der Waals surface area contributed by atoms with Gasteiger partial charge in [-0.1, -0.05) is 30.3 Å². The van der Waals surface area contributed by atoms with Gasteiger partial charge in [0.25, 0.3) is 0 Å². The first-order chi connectivity index (χ1) is 15.2. The average molecular weight is 437 g/mol. The zero-order chi connectivity index (χ0) is 21.2. The molecule has 0 spiro atoms. The Morgan fingerprint density at radius 2 is 1.77 bits per heavy atom. The molecule has 7 nitrogen and oxygen atoms in total. The summed E-state index contributed by atoms with van der Waals surface area (Å²) >= 11 is 0. The second-order valence-electron chi connectivity index (χ2n) is 7.79. The van der Waals surface area contributed by atoms with Gasteiger partial charge in [-0.15, -0.1) is 0 Å². The number of aromatic nitrogens is 2. The van der Waals surface area contributed by atoms with Gasteiger partial charge >= 0.3 is 0 Å². The molecule has 31 heavy (non-hydrogen) atoms. The molecule has 1 N–H and O–H groups in total. The Balaban J connectivity index is 1.30. The number of likely N-dealkylation sites (tertiary alicyclic amines) is 1. The molecule has 1 fully saturated rings. The fraction of sp³-hybridized carbons (Fsp3) is 0.304. The number of ether oxygens (including phenoxy) is 2. The summed E-state index contributed by atoms with van der Waals surface area (Å²) in [4.78, 5) is 11.3. The lowest BCUT2D eigenvalue weighted by Crippen LogP contribution is -2.23. The second-order valence-corrected chi connectivity index (χ2v) is 8.89. The summed E-state index contributed by atoms with van der Waals surface area (Å²) in [6, 6.07) is 14.9. The molecule has 2 aliphatic rings. The van der Waals surface area contributed by atoms with Crippen molar-refractivity contribution in [3.63, 3.8) is 0 Å². The number of hydrogen-bond acceptors (Lipinski definition) is 7. The van der Waals surface area contributed by atoms with Crippen molar-refractivity contribution >= 4 is 10.6 Å². The zero-order valence-electron chi connectivity index (χ0n) is 17.0. The van der Waals surface area contributed by atoms with Crippen molar-refractivity contribution in [1.82, 2.24) is 14.9 Å². The lowest BCUT2D eigenvalue weighted by molar-refractivity contribution is 0.170. The number of nitrogens with one attached hydrogen (secondary N) is 1. The van der Waals surface area contributed by atoms with Crippen LogP contribution < -0.4 is 9.47 Å². The van der Waals surface area contributed by atoms with Gasteiger partial charge in [-0.2, -0.15) is 0 Å². The second kappa shape index (κ2) is 8.64. The van der Waals surface area contributed by atoms with Gasteiger partial charge in [0.1, 0.15) is 13.2 Å². The van der Waals surface area contributed by atoms with Crippen LogP contribution >= 0.6 is 0 Å². The summed E-state index contributed by atoms with van der Waals surface area (Å²) in [6.45, 7) is 3.15. The largest absolute Gasteiger partial charge is 0.486 e. The smallest absolute Gasteiger partial charge is 0.161 e. The molecule has 1 unspecified atom stereocenters. The summed E-state index contributed by atoms with van der Waals surface area (Å²) in [5.41, 5.74) is 3.42. The van der Waals surface area contributed by atoms with E-state index in [1.54, 1.807) is 0 Å². The van der Waals surface area contributed by atoms with Crippen molar-refractivity contribution in [2.75, 3.05) is 19.8 Å². The lowest BCUT2D eigenvalue weighted by Gasteiger charge is -2.26. The van der Waals surface area contributed by atoms with E-state index in [1.807, 2.05) is 18.2 Å². The van der Waals surface area contributed by atoms with Crippen LogP contribution in [0, 0.1) is 4.78 Å². The Labute approximate surface area is 183 Å². The quantitative estimate of drug-likeness (QED) is 0.591. The molecule has 0 radical (unpaired) electrons. The van der Waals surface area contributed by atoms with Crippen molar-refractivity contribution in [3.05, 3.63) is 66.0 Å². The molecule has 0 bridgehead atoms. The summed E-state index contributed by atoms with van der Waals surface area (Å²) in [5.74, 6) is 2.25. The van der Waals surface area contributed by atoms with E-state index in [1.165, 1.54) is 29.9 Å². The minimum absolute atomic E-state index is 0.342. The van der Waals surface area contributed by atoms with Crippen LogP contribution in [-0.4, -0.2) is 38.8 Å². The highest BCUT2D eigenvalue weighted by molar-refractivity contribution is 7.73. The van der Waals surface area contributed by atoms with Gasteiger partial charge in [0.2, 0.25) is 0 Å². The summed E-state index contributed by atoms with van der Waals surface area (Å²) in [7, 11) is -2.16. The van der Waals surface area contributed by atoms with E-state index in [2.05, 4.69) is 39.1 Å². The fourth-order valence-corrected chi connectivity index (χ4v) is 4.55. The minimum Gasteiger partial charge on any atom is -0.486 e. The summed E-state index contributed by atoms with van der Waals surface area (Å²) in [6.07, 6.45) is 5.24. The molecule has 160 valence electrons. The molecule has 1 aromatic heterocycles. The van der Waals surface area contributed by atoms with Gasteiger partial charge in [-0.25, -0.2) is 14.2 Å². The van der Waals surface area contributed by atoms with E-state index < -0.39 is 10.6 Å². The van der Waals surface area contributed by atoms with E-state index in [9.17, 15) is 4.21 Å². The van der Waals surface area contributed by atoms with Crippen LogP contribution in [-0.2, 0) is 17.1 Å². The first-order valence-corrected chi connectivity index (χ1v) is 11.7. The molecule has 0 saturated carbocycles. The number of rotatable bonds is 5. The number of nitrogens with zero attached hydrogens (tertiary/aromatic N) is 3. The van der Waals surface area contributed by atoms with E-state index in [-0.39, 0.29) is 0 Å². The molecule has 2 aromatic carbocycles. The third-order valence-corrected chi connectivity index (χ3v) is 6.49. The zero-order valence-corrected chi connectivity index (χ0v) is 17.9. The molecule has 2 aliphatic heterocycles. The van der Waals surface area contributed by atoms with Crippen LogP contribution in [0.15, 0.2) is 59.8 Å². The van der Waals surface area contributed by atoms with Gasteiger partial charge in [-0.3, -0.25) is 9.68 Å². The third-order valence-electron chi connectivity index (χ3n) is 5.79.